The van der Waals surface area contributed by atoms with Crippen LogP contribution in [0.1, 0.15) is 15.9 Å². The average Bonchev–Trinajstić information content (AvgIpc) is 3.36. The van der Waals surface area contributed by atoms with Crippen molar-refractivity contribution in [2.45, 2.75) is 5.16 Å². The summed E-state index contributed by atoms with van der Waals surface area (Å²) in [6.45, 7) is 0. The number of hydrazone groups is 1. The highest BCUT2D eigenvalue weighted by atomic mass is 32.2. The van der Waals surface area contributed by atoms with E-state index in [4.69, 9.17) is 9.47 Å². The number of aromatic carboxylic acids is 1. The van der Waals surface area contributed by atoms with E-state index >= 15 is 0 Å². The summed E-state index contributed by atoms with van der Waals surface area (Å²) in [7, 11) is 2.71. The van der Waals surface area contributed by atoms with Crippen molar-refractivity contribution in [2.24, 2.45) is 5.10 Å². The molecule has 0 saturated heterocycles. The lowest BCUT2D eigenvalue weighted by Crippen LogP contribution is -2.25. The molecule has 4 aromatic rings. The standard InChI is InChI=1S/C26H23N5O5S/c1-35-20-14-13-18(22(25(33)34)23(20)36-2)15-27-28-21(32)16-37-26-30-29-24(17-9-5-3-6-10-17)31(26)19-11-7-4-8-12-19/h3-15H,16H2,1-2H3,(H,28,32)(H,33,34)/p-1/b27-15-. The van der Waals surface area contributed by atoms with Crippen molar-refractivity contribution < 1.29 is 24.2 Å². The SMILES string of the molecule is COc1ccc(/C=N\NC(=O)CSc2nnc(-c3ccccc3)n2-c2ccccc2)c(C(=O)[O-])c1OC. The maximum atomic E-state index is 12.5. The second-order valence-corrected chi connectivity index (χ2v) is 8.42. The number of hydrogen-bond acceptors (Lipinski definition) is 9. The summed E-state index contributed by atoms with van der Waals surface area (Å²) in [5.41, 5.74) is 4.09. The zero-order valence-corrected chi connectivity index (χ0v) is 20.8. The van der Waals surface area contributed by atoms with Crippen LogP contribution in [-0.4, -0.2) is 52.8 Å². The molecule has 4 rings (SSSR count). The molecule has 0 aliphatic rings. The molecule has 1 heterocycles. The molecule has 11 heteroatoms. The van der Waals surface area contributed by atoms with Gasteiger partial charge in [-0.1, -0.05) is 60.3 Å². The van der Waals surface area contributed by atoms with Crippen LogP contribution in [0.5, 0.6) is 11.5 Å². The number of amides is 1. The van der Waals surface area contributed by atoms with Crippen LogP contribution in [0.2, 0.25) is 0 Å². The normalized spacial score (nSPS) is 10.9. The van der Waals surface area contributed by atoms with E-state index < -0.39 is 11.9 Å². The van der Waals surface area contributed by atoms with Gasteiger partial charge in [0.05, 0.1) is 37.7 Å². The van der Waals surface area contributed by atoms with Gasteiger partial charge in [-0.25, -0.2) is 5.43 Å². The quantitative estimate of drug-likeness (QED) is 0.193. The number of nitrogens with zero attached hydrogens (tertiary/aromatic N) is 4. The van der Waals surface area contributed by atoms with Crippen LogP contribution in [0.25, 0.3) is 17.1 Å². The number of thioether (sulfide) groups is 1. The topological polar surface area (TPSA) is 131 Å². The smallest absolute Gasteiger partial charge is 0.250 e. The van der Waals surface area contributed by atoms with Crippen molar-refractivity contribution in [1.82, 2.24) is 20.2 Å². The maximum absolute atomic E-state index is 12.5. The molecule has 0 aliphatic carbocycles. The van der Waals surface area contributed by atoms with Crippen LogP contribution in [0, 0.1) is 0 Å². The number of methoxy groups -OCH3 is 2. The van der Waals surface area contributed by atoms with E-state index in [9.17, 15) is 14.7 Å². The van der Waals surface area contributed by atoms with E-state index in [1.54, 1.807) is 0 Å². The Morgan fingerprint density at radius 3 is 2.35 bits per heavy atom. The molecule has 37 heavy (non-hydrogen) atoms. The molecule has 0 unspecified atom stereocenters. The van der Waals surface area contributed by atoms with Gasteiger partial charge in [-0.3, -0.25) is 9.36 Å². The summed E-state index contributed by atoms with van der Waals surface area (Å²) in [6.07, 6.45) is 1.20. The van der Waals surface area contributed by atoms with E-state index in [1.165, 1.54) is 44.3 Å². The number of aromatic nitrogens is 3. The molecule has 0 fully saturated rings. The number of carbonyl (C=O) groups is 2. The highest BCUT2D eigenvalue weighted by molar-refractivity contribution is 7.99. The van der Waals surface area contributed by atoms with Crippen molar-refractivity contribution in [3.05, 3.63) is 83.9 Å². The second kappa shape index (κ2) is 11.9. The Kier molecular flexibility index (Phi) is 8.16. The van der Waals surface area contributed by atoms with Crippen LogP contribution in [0.15, 0.2) is 83.1 Å². The van der Waals surface area contributed by atoms with Gasteiger partial charge in [-0.2, -0.15) is 5.10 Å². The number of carboxylic acid groups (broad SMARTS) is 1. The Morgan fingerprint density at radius 1 is 1.00 bits per heavy atom. The van der Waals surface area contributed by atoms with Gasteiger partial charge in [0.25, 0.3) is 5.91 Å². The minimum atomic E-state index is -1.46. The lowest BCUT2D eigenvalue weighted by atomic mass is 10.1. The van der Waals surface area contributed by atoms with Crippen molar-refractivity contribution in [2.75, 3.05) is 20.0 Å². The molecule has 0 saturated carbocycles. The summed E-state index contributed by atoms with van der Waals surface area (Å²) >= 11 is 1.19. The third-order valence-corrected chi connectivity index (χ3v) is 6.12. The predicted molar refractivity (Wildman–Crippen MR) is 137 cm³/mol. The van der Waals surface area contributed by atoms with Gasteiger partial charge >= 0.3 is 0 Å². The van der Waals surface area contributed by atoms with Crippen LogP contribution in [0.4, 0.5) is 0 Å². The lowest BCUT2D eigenvalue weighted by molar-refractivity contribution is -0.255. The molecule has 1 amide bonds. The third-order valence-electron chi connectivity index (χ3n) is 5.19. The second-order valence-electron chi connectivity index (χ2n) is 7.48. The molecule has 0 bridgehead atoms. The van der Waals surface area contributed by atoms with E-state index in [-0.39, 0.29) is 28.4 Å². The minimum Gasteiger partial charge on any atom is -0.545 e. The van der Waals surface area contributed by atoms with Crippen molar-refractivity contribution >= 4 is 29.9 Å². The summed E-state index contributed by atoms with van der Waals surface area (Å²) in [4.78, 5) is 24.2. The van der Waals surface area contributed by atoms with E-state index in [1.807, 2.05) is 65.2 Å². The molecule has 188 valence electrons. The zero-order chi connectivity index (χ0) is 26.2. The first kappa shape index (κ1) is 25.5. The third kappa shape index (κ3) is 5.78. The molecular weight excluding hydrogens is 494 g/mol. The largest absolute Gasteiger partial charge is 0.545 e. The molecule has 10 nitrogen and oxygen atoms in total. The fourth-order valence-electron chi connectivity index (χ4n) is 3.54. The number of hydrogen-bond donors (Lipinski definition) is 1. The van der Waals surface area contributed by atoms with Crippen LogP contribution < -0.4 is 20.0 Å². The first-order chi connectivity index (χ1) is 18.0. The number of carbonyl (C=O) groups excluding carboxylic acids is 2. The molecular formula is C26H22N5O5S-. The molecule has 0 radical (unpaired) electrons. The number of benzene rings is 3. The Bertz CT molecular complexity index is 1420. The van der Waals surface area contributed by atoms with Gasteiger partial charge in [0.2, 0.25) is 0 Å². The van der Waals surface area contributed by atoms with Gasteiger partial charge in [-0.15, -0.1) is 10.2 Å². The fourth-order valence-corrected chi connectivity index (χ4v) is 4.29. The number of ether oxygens (including phenoxy) is 2. The number of para-hydroxylation sites is 1. The summed E-state index contributed by atoms with van der Waals surface area (Å²) in [5, 5.41) is 24.7. The van der Waals surface area contributed by atoms with Gasteiger partial charge in [0.1, 0.15) is 0 Å². The van der Waals surface area contributed by atoms with E-state index in [0.29, 0.717) is 11.0 Å². The molecule has 1 aromatic heterocycles. The Morgan fingerprint density at radius 2 is 1.70 bits per heavy atom. The summed E-state index contributed by atoms with van der Waals surface area (Å²) in [6, 6.07) is 22.3. The first-order valence-corrected chi connectivity index (χ1v) is 12.0. The number of carboxylic acids is 1. The fraction of sp³-hybridized carbons (Fsp3) is 0.115. The number of nitrogens with one attached hydrogen (secondary N) is 1. The van der Waals surface area contributed by atoms with Crippen LogP contribution in [-0.2, 0) is 4.79 Å². The van der Waals surface area contributed by atoms with Gasteiger partial charge in [-0.05, 0) is 24.3 Å². The van der Waals surface area contributed by atoms with Crippen LogP contribution in [0.3, 0.4) is 0 Å². The lowest BCUT2D eigenvalue weighted by Gasteiger charge is -2.15. The summed E-state index contributed by atoms with van der Waals surface area (Å²) in [5.74, 6) is -0.999. The highest BCUT2D eigenvalue weighted by Gasteiger charge is 2.18. The average molecular weight is 517 g/mol. The Balaban J connectivity index is 1.49. The predicted octanol–water partition coefficient (Wildman–Crippen LogP) is 2.56. The van der Waals surface area contributed by atoms with Crippen molar-refractivity contribution in [3.8, 4) is 28.6 Å². The molecule has 0 atom stereocenters. The van der Waals surface area contributed by atoms with E-state index in [2.05, 4.69) is 20.7 Å². The van der Waals surface area contributed by atoms with Crippen molar-refractivity contribution in [3.63, 3.8) is 0 Å². The first-order valence-electron chi connectivity index (χ1n) is 11.0. The number of rotatable bonds is 10. The van der Waals surface area contributed by atoms with Gasteiger partial charge in [0.15, 0.2) is 22.5 Å². The summed E-state index contributed by atoms with van der Waals surface area (Å²) < 4.78 is 12.2. The van der Waals surface area contributed by atoms with Gasteiger partial charge < -0.3 is 19.4 Å². The van der Waals surface area contributed by atoms with Gasteiger partial charge in [0, 0.05) is 16.8 Å². The molecule has 3 aromatic carbocycles. The minimum absolute atomic E-state index is 0.00259. The van der Waals surface area contributed by atoms with Crippen LogP contribution >= 0.6 is 11.8 Å². The molecule has 0 aliphatic heterocycles. The highest BCUT2D eigenvalue weighted by Crippen LogP contribution is 2.32. The Hall–Kier alpha value is -4.64. The van der Waals surface area contributed by atoms with Crippen molar-refractivity contribution in [1.29, 1.82) is 0 Å². The Labute approximate surface area is 217 Å². The maximum Gasteiger partial charge on any atom is 0.250 e. The zero-order valence-electron chi connectivity index (χ0n) is 20.0. The molecule has 1 N–H and O–H groups in total. The molecule has 0 spiro atoms. The van der Waals surface area contributed by atoms with E-state index in [0.717, 1.165) is 11.3 Å². The monoisotopic (exact) mass is 516 g/mol.